The predicted octanol–water partition coefficient (Wildman–Crippen LogP) is 3.02. The molecule has 386 valence electrons. The summed E-state index contributed by atoms with van der Waals surface area (Å²) < 4.78 is 34.7. The highest BCUT2D eigenvalue weighted by molar-refractivity contribution is 6.00. The van der Waals surface area contributed by atoms with Crippen molar-refractivity contribution in [1.29, 1.82) is 0 Å². The second kappa shape index (κ2) is 24.2. The minimum absolute atomic E-state index is 0.0233. The lowest BCUT2D eigenvalue weighted by molar-refractivity contribution is -0.192. The molecule has 72 heavy (non-hydrogen) atoms. The van der Waals surface area contributed by atoms with Crippen LogP contribution in [-0.4, -0.2) is 115 Å². The number of halogens is 3. The third-order valence-electron chi connectivity index (χ3n) is 13.3. The van der Waals surface area contributed by atoms with Crippen molar-refractivity contribution in [3.63, 3.8) is 0 Å². The van der Waals surface area contributed by atoms with Crippen molar-refractivity contribution >= 4 is 58.4 Å². The summed E-state index contributed by atoms with van der Waals surface area (Å²) in [5.41, 5.74) is 15.7. The molecule has 3 fully saturated rings. The minimum Gasteiger partial charge on any atom is -0.475 e. The number of aliphatic carboxylic acids is 1. The summed E-state index contributed by atoms with van der Waals surface area (Å²) in [6, 6.07) is 20.0. The maximum atomic E-state index is 14.0. The van der Waals surface area contributed by atoms with Gasteiger partial charge in [0, 0.05) is 45.4 Å². The van der Waals surface area contributed by atoms with Gasteiger partial charge in [0.2, 0.25) is 41.4 Å². The van der Waals surface area contributed by atoms with E-state index in [0.29, 0.717) is 44.2 Å². The van der Waals surface area contributed by atoms with E-state index in [2.05, 4.69) is 16.0 Å². The normalized spacial score (nSPS) is 19.6. The Balaban J connectivity index is 0.00000113. The van der Waals surface area contributed by atoms with E-state index >= 15 is 0 Å². The first-order valence-electron chi connectivity index (χ1n) is 23.9. The highest BCUT2D eigenvalue weighted by atomic mass is 19.4. The number of piperidine rings is 1. The Morgan fingerprint density at radius 1 is 0.819 bits per heavy atom. The molecule has 0 saturated carbocycles. The Morgan fingerprint density at radius 2 is 1.46 bits per heavy atom. The average Bonchev–Trinajstić information content (AvgIpc) is 3.88. The van der Waals surface area contributed by atoms with Gasteiger partial charge in [-0.3, -0.25) is 48.0 Å². The number of carbonyl (C=O) groups is 8. The molecule has 22 heteroatoms. The molecular weight excluding hydrogens is 944 g/mol. The van der Waals surface area contributed by atoms with Gasteiger partial charge >= 0.3 is 17.8 Å². The first-order valence-corrected chi connectivity index (χ1v) is 23.9. The molecule has 7 amide bonds. The van der Waals surface area contributed by atoms with Gasteiger partial charge in [0.15, 0.2) is 0 Å². The van der Waals surface area contributed by atoms with Gasteiger partial charge in [-0.1, -0.05) is 79.6 Å². The van der Waals surface area contributed by atoms with Crippen LogP contribution in [0, 0.1) is 0 Å². The number of nitrogens with one attached hydrogen (secondary N) is 3. The van der Waals surface area contributed by atoms with E-state index in [1.165, 1.54) is 14.0 Å². The molecule has 1 unspecified atom stereocenters. The Hall–Kier alpha value is -7.36. The largest absolute Gasteiger partial charge is 0.490 e. The molecule has 4 heterocycles. The number of carboxylic acid groups (broad SMARTS) is 1. The number of nitrogens with two attached hydrogens (primary N) is 2. The zero-order valence-electron chi connectivity index (χ0n) is 39.8. The van der Waals surface area contributed by atoms with E-state index in [9.17, 15) is 51.5 Å². The molecule has 1 aromatic heterocycles. The maximum absolute atomic E-state index is 14.0. The Morgan fingerprint density at radius 3 is 2.07 bits per heavy atom. The van der Waals surface area contributed by atoms with Crippen LogP contribution < -0.4 is 33.1 Å². The molecule has 0 radical (unpaired) electrons. The lowest BCUT2D eigenvalue weighted by Gasteiger charge is -2.37. The molecule has 4 aromatic rings. The van der Waals surface area contributed by atoms with E-state index in [-0.39, 0.29) is 55.8 Å². The molecule has 0 aliphatic carbocycles. The number of imidazole rings is 1. The number of benzene rings is 3. The lowest BCUT2D eigenvalue weighted by atomic mass is 9.98. The van der Waals surface area contributed by atoms with E-state index in [4.69, 9.17) is 21.4 Å². The number of alkyl halides is 3. The third-order valence-corrected chi connectivity index (χ3v) is 13.3. The number of nitrogens with zero attached hydrogens (tertiary/aromatic N) is 4. The Labute approximate surface area is 412 Å². The number of carboxylic acids is 1. The van der Waals surface area contributed by atoms with Crippen LogP contribution in [0.15, 0.2) is 83.7 Å². The molecule has 3 aromatic carbocycles. The fourth-order valence-electron chi connectivity index (χ4n) is 9.51. The van der Waals surface area contributed by atoms with Gasteiger partial charge in [-0.25, -0.2) is 9.59 Å². The molecule has 3 saturated heterocycles. The Bertz CT molecular complexity index is 2660. The van der Waals surface area contributed by atoms with Crippen LogP contribution >= 0.6 is 0 Å². The first kappa shape index (κ1) is 54.0. The number of hydrogen-bond acceptors (Lipinski definition) is 10. The molecule has 3 aliphatic heterocycles. The summed E-state index contributed by atoms with van der Waals surface area (Å²) >= 11 is 0. The molecule has 5 atom stereocenters. The van der Waals surface area contributed by atoms with Gasteiger partial charge in [-0.2, -0.15) is 13.2 Å². The number of rotatable bonds is 17. The maximum Gasteiger partial charge on any atom is 0.490 e. The van der Waals surface area contributed by atoms with Crippen molar-refractivity contribution in [2.45, 2.75) is 126 Å². The predicted molar refractivity (Wildman–Crippen MR) is 255 cm³/mol. The van der Waals surface area contributed by atoms with Crippen molar-refractivity contribution in [2.24, 2.45) is 18.5 Å². The van der Waals surface area contributed by atoms with Gasteiger partial charge in [0.25, 0.3) is 0 Å². The standard InChI is InChI=1S/C48H59N9O8.C2HF3O2/c1-54-39-28-30(18-21-36(39)57(48(54)65)38-23-25-41(59)52-46(38)63)12-6-2-3-11-17-42(60)55-27-26-33-19-22-37(56(33)47(64)34(49)29-55)45(62)51-35(20-24-40(50)58)44(61)53-43(31-13-7-4-8-14-31)32-15-9-5-10-16-32;3-2(4,5)1(6)7/h4-5,7-10,13-16,18,21,28,33-35,37-38,43H,2-3,6,11-12,17,19-20,22-27,29,49H2,1H3,(H2,50,58)(H,51,62)(H,53,61)(H,52,59,63);(H,6,7)/t33-,34+,35-,37+,38?;/m1./s1. The summed E-state index contributed by atoms with van der Waals surface area (Å²) in [5, 5.41) is 15.3. The van der Waals surface area contributed by atoms with E-state index in [0.717, 1.165) is 47.9 Å². The van der Waals surface area contributed by atoms with E-state index in [1.807, 2.05) is 78.9 Å². The molecular formula is C50H60F3N9O10. The van der Waals surface area contributed by atoms with Gasteiger partial charge in [0.1, 0.15) is 24.2 Å². The van der Waals surface area contributed by atoms with Gasteiger partial charge in [-0.05, 0) is 80.2 Å². The third kappa shape index (κ3) is 13.5. The summed E-state index contributed by atoms with van der Waals surface area (Å²) in [7, 11) is 1.67. The van der Waals surface area contributed by atoms with Crippen LogP contribution in [-0.2, 0) is 51.8 Å². The second-order valence-electron chi connectivity index (χ2n) is 18.3. The second-order valence-corrected chi connectivity index (χ2v) is 18.3. The van der Waals surface area contributed by atoms with Gasteiger partial charge in [-0.15, -0.1) is 0 Å². The van der Waals surface area contributed by atoms with Crippen LogP contribution in [0.2, 0.25) is 0 Å². The first-order chi connectivity index (χ1) is 34.2. The fraction of sp³-hybridized carbons (Fsp3) is 0.460. The molecule has 19 nitrogen and oxygen atoms in total. The molecule has 3 aliphatic rings. The summed E-state index contributed by atoms with van der Waals surface area (Å²) in [4.78, 5) is 117. The highest BCUT2D eigenvalue weighted by Gasteiger charge is 2.45. The zero-order chi connectivity index (χ0) is 52.3. The monoisotopic (exact) mass is 1000 g/mol. The number of carbonyl (C=O) groups excluding carboxylic acids is 7. The quantitative estimate of drug-likeness (QED) is 0.0661. The topological polar surface area (TPSA) is 278 Å². The smallest absolute Gasteiger partial charge is 0.475 e. The SMILES string of the molecule is Cn1c(=O)n(C2CCC(=O)NC2=O)c2ccc(CCCCCCC(=O)N3CC[C@H]4CC[C@@H](C(=O)N[C@H](CCC(N)=O)C(=O)NC(c5ccccc5)c5ccccc5)N4C(=O)[C@@H](N)C3)cc21.O=C(O)C(F)(F)F. The van der Waals surface area contributed by atoms with Crippen molar-refractivity contribution < 1.29 is 56.6 Å². The van der Waals surface area contributed by atoms with Crippen LogP contribution in [0.3, 0.4) is 0 Å². The number of primary amides is 1. The van der Waals surface area contributed by atoms with Crippen LogP contribution in [0.5, 0.6) is 0 Å². The highest BCUT2D eigenvalue weighted by Crippen LogP contribution is 2.30. The van der Waals surface area contributed by atoms with Crippen LogP contribution in [0.25, 0.3) is 11.0 Å². The van der Waals surface area contributed by atoms with Crippen LogP contribution in [0.1, 0.15) is 106 Å². The number of imide groups is 1. The van der Waals surface area contributed by atoms with Gasteiger partial charge in [0.05, 0.1) is 17.1 Å². The number of aryl methyl sites for hydroxylation is 2. The Kier molecular flexibility index (Phi) is 18.1. The van der Waals surface area contributed by atoms with Crippen molar-refractivity contribution in [2.75, 3.05) is 13.1 Å². The van der Waals surface area contributed by atoms with Crippen molar-refractivity contribution in [3.8, 4) is 0 Å². The molecule has 8 N–H and O–H groups in total. The summed E-state index contributed by atoms with van der Waals surface area (Å²) in [6.07, 6.45) is 0.865. The number of hydrogen-bond donors (Lipinski definition) is 6. The van der Waals surface area contributed by atoms with Crippen molar-refractivity contribution in [1.82, 2.24) is 34.9 Å². The zero-order valence-corrected chi connectivity index (χ0v) is 39.8. The van der Waals surface area contributed by atoms with Crippen LogP contribution in [0.4, 0.5) is 13.2 Å². The lowest BCUT2D eigenvalue weighted by Crippen LogP contribution is -2.60. The van der Waals surface area contributed by atoms with E-state index in [1.54, 1.807) is 11.9 Å². The minimum atomic E-state index is -5.08. The summed E-state index contributed by atoms with van der Waals surface area (Å²) in [5.74, 6) is -5.70. The average molecular weight is 1000 g/mol. The summed E-state index contributed by atoms with van der Waals surface area (Å²) in [6.45, 7) is 0.408. The van der Waals surface area contributed by atoms with Gasteiger partial charge < -0.3 is 37.0 Å². The fourth-order valence-corrected chi connectivity index (χ4v) is 9.51. The van der Waals surface area contributed by atoms with E-state index < -0.39 is 71.9 Å². The molecule has 0 bridgehead atoms. The molecule has 7 rings (SSSR count). The number of aromatic nitrogens is 2. The number of fused-ring (bicyclic) bond motifs is 2. The number of unbranched alkanes of at least 4 members (excludes halogenated alkanes) is 3. The molecule has 0 spiro atoms. The number of amides is 7. The van der Waals surface area contributed by atoms with Crippen molar-refractivity contribution in [3.05, 3.63) is 106 Å².